The summed E-state index contributed by atoms with van der Waals surface area (Å²) in [6, 6.07) is 9.03. The van der Waals surface area contributed by atoms with E-state index in [1.54, 1.807) is 12.1 Å². The summed E-state index contributed by atoms with van der Waals surface area (Å²) < 4.78 is 18.0. The van der Waals surface area contributed by atoms with Crippen molar-refractivity contribution in [1.29, 1.82) is 0 Å². The molecule has 6 nitrogen and oxygen atoms in total. The molecular formula is C18H17Br2NO5. The number of halogens is 2. The first-order chi connectivity index (χ1) is 12.4. The number of anilines is 1. The summed E-state index contributed by atoms with van der Waals surface area (Å²) >= 11 is 7.40. The van der Waals surface area contributed by atoms with E-state index in [1.165, 1.54) is 4.90 Å². The molecule has 2 amide bonds. The van der Waals surface area contributed by atoms with Crippen LogP contribution in [-0.2, 0) is 23.8 Å². The molecule has 1 aromatic rings. The Labute approximate surface area is 167 Å². The quantitative estimate of drug-likeness (QED) is 0.473. The molecule has 0 aliphatic carbocycles. The van der Waals surface area contributed by atoms with Gasteiger partial charge in [0.15, 0.2) is 6.29 Å². The van der Waals surface area contributed by atoms with Gasteiger partial charge < -0.3 is 14.2 Å². The molecule has 0 radical (unpaired) electrons. The van der Waals surface area contributed by atoms with Crippen molar-refractivity contribution in [1.82, 2.24) is 0 Å². The fraction of sp³-hybridized carbons (Fsp3) is 0.556. The molecule has 0 saturated carbocycles. The molecule has 4 aliphatic heterocycles. The van der Waals surface area contributed by atoms with E-state index >= 15 is 0 Å². The molecule has 4 aliphatic rings. The Bertz CT molecular complexity index is 781. The molecule has 138 valence electrons. The molecule has 4 saturated heterocycles. The van der Waals surface area contributed by atoms with Crippen molar-refractivity contribution in [2.75, 3.05) is 18.1 Å². The van der Waals surface area contributed by atoms with Crippen molar-refractivity contribution < 1.29 is 23.8 Å². The lowest BCUT2D eigenvalue weighted by molar-refractivity contribution is -0.200. The van der Waals surface area contributed by atoms with Crippen LogP contribution in [0.25, 0.3) is 0 Å². The lowest BCUT2D eigenvalue weighted by Gasteiger charge is -2.39. The highest BCUT2D eigenvalue weighted by atomic mass is 79.9. The van der Waals surface area contributed by atoms with E-state index in [-0.39, 0.29) is 21.5 Å². The zero-order valence-corrected chi connectivity index (χ0v) is 17.1. The minimum atomic E-state index is -1.04. The highest BCUT2D eigenvalue weighted by Gasteiger charge is 2.82. The number of nitrogens with zero attached hydrogens (tertiary/aromatic N) is 1. The topological polar surface area (TPSA) is 65.1 Å². The van der Waals surface area contributed by atoms with Crippen LogP contribution in [0.2, 0.25) is 0 Å². The Hall–Kier alpha value is -0.800. The fourth-order valence-corrected chi connectivity index (χ4v) is 6.87. The average Bonchev–Trinajstić information content (AvgIpc) is 3.35. The zero-order chi connectivity index (χ0) is 18.3. The van der Waals surface area contributed by atoms with Crippen LogP contribution in [-0.4, -0.2) is 52.2 Å². The van der Waals surface area contributed by atoms with E-state index in [0.717, 1.165) is 0 Å². The van der Waals surface area contributed by atoms with E-state index in [9.17, 15) is 9.59 Å². The van der Waals surface area contributed by atoms with Crippen LogP contribution in [0.15, 0.2) is 30.3 Å². The van der Waals surface area contributed by atoms with E-state index in [1.807, 2.05) is 25.1 Å². The first kappa shape index (κ1) is 17.3. The third-order valence-electron chi connectivity index (χ3n) is 6.05. The first-order valence-corrected chi connectivity index (χ1v) is 10.4. The van der Waals surface area contributed by atoms with Gasteiger partial charge in [-0.3, -0.25) is 9.59 Å². The third kappa shape index (κ3) is 1.87. The van der Waals surface area contributed by atoms with Gasteiger partial charge in [-0.25, -0.2) is 4.90 Å². The molecule has 1 aromatic carbocycles. The van der Waals surface area contributed by atoms with Gasteiger partial charge >= 0.3 is 0 Å². The van der Waals surface area contributed by atoms with Crippen molar-refractivity contribution in [3.8, 4) is 0 Å². The first-order valence-electron chi connectivity index (χ1n) is 8.57. The van der Waals surface area contributed by atoms with Crippen molar-refractivity contribution in [3.63, 3.8) is 0 Å². The van der Waals surface area contributed by atoms with Crippen LogP contribution in [0.5, 0.6) is 0 Å². The van der Waals surface area contributed by atoms with Gasteiger partial charge in [0.25, 0.3) is 0 Å². The number of amides is 2. The van der Waals surface area contributed by atoms with E-state index in [2.05, 4.69) is 31.9 Å². The van der Waals surface area contributed by atoms with E-state index in [0.29, 0.717) is 18.9 Å². The minimum absolute atomic E-state index is 0.156. The van der Waals surface area contributed by atoms with E-state index in [4.69, 9.17) is 14.2 Å². The minimum Gasteiger partial charge on any atom is -0.359 e. The standard InChI is InChI=1S/C18H17Br2NO5/c1-17-10-11(15(23)21(14(10)22)9-5-3-2-4-6-9)18(26-17,13(20)12(17)19)16-24-7-8-25-16/h2-6,10-13,16H,7-8H2,1H3. The number of imide groups is 1. The maximum absolute atomic E-state index is 13.4. The second-order valence-electron chi connectivity index (χ2n) is 7.32. The Morgan fingerprint density at radius 2 is 1.62 bits per heavy atom. The second kappa shape index (κ2) is 5.61. The van der Waals surface area contributed by atoms with Gasteiger partial charge in [-0.15, -0.1) is 0 Å². The monoisotopic (exact) mass is 485 g/mol. The third-order valence-corrected chi connectivity index (χ3v) is 9.44. The summed E-state index contributed by atoms with van der Waals surface area (Å²) in [7, 11) is 0. The number of fused-ring (bicyclic) bond motifs is 5. The van der Waals surface area contributed by atoms with Crippen molar-refractivity contribution >= 4 is 49.4 Å². The van der Waals surface area contributed by atoms with Gasteiger partial charge in [-0.1, -0.05) is 50.1 Å². The van der Waals surface area contributed by atoms with E-state index < -0.39 is 29.3 Å². The number of alkyl halides is 2. The van der Waals surface area contributed by atoms with Crippen LogP contribution in [0, 0.1) is 11.8 Å². The number of hydrogen-bond acceptors (Lipinski definition) is 5. The fourth-order valence-electron chi connectivity index (χ4n) is 4.96. The number of ether oxygens (including phenoxy) is 3. The zero-order valence-electron chi connectivity index (χ0n) is 13.9. The SMILES string of the molecule is CC12OC(C3OCCO3)(C(Br)C1Br)C1C(=O)N(c3ccccc3)C(=O)C12. The normalized spacial score (nSPS) is 45.0. The lowest BCUT2D eigenvalue weighted by Crippen LogP contribution is -2.59. The molecule has 0 aromatic heterocycles. The maximum Gasteiger partial charge on any atom is 0.240 e. The number of benzene rings is 1. The summed E-state index contributed by atoms with van der Waals surface area (Å²) in [5.74, 6) is -1.71. The van der Waals surface area contributed by atoms with Crippen LogP contribution in [0.3, 0.4) is 0 Å². The molecule has 6 unspecified atom stereocenters. The predicted octanol–water partition coefficient (Wildman–Crippen LogP) is 2.23. The summed E-state index contributed by atoms with van der Waals surface area (Å²) in [5.41, 5.74) is -1.29. The molecule has 4 fully saturated rings. The Kier molecular flexibility index (Phi) is 3.73. The van der Waals surface area contributed by atoms with Gasteiger partial charge in [-0.05, 0) is 19.1 Å². The summed E-state index contributed by atoms with van der Waals surface area (Å²) in [4.78, 5) is 27.6. The second-order valence-corrected chi connectivity index (χ2v) is 9.29. The highest BCUT2D eigenvalue weighted by Crippen LogP contribution is 2.66. The number of para-hydroxylation sites is 1. The number of carbonyl (C=O) groups is 2. The Morgan fingerprint density at radius 1 is 1.00 bits per heavy atom. The Balaban J connectivity index is 1.65. The highest BCUT2D eigenvalue weighted by molar-refractivity contribution is 9.12. The largest absolute Gasteiger partial charge is 0.359 e. The molecule has 2 bridgehead atoms. The van der Waals surface area contributed by atoms with Crippen LogP contribution < -0.4 is 4.90 Å². The Morgan fingerprint density at radius 3 is 2.27 bits per heavy atom. The van der Waals surface area contributed by atoms with Gasteiger partial charge in [-0.2, -0.15) is 0 Å². The lowest BCUT2D eigenvalue weighted by atomic mass is 9.67. The maximum atomic E-state index is 13.4. The number of carbonyl (C=O) groups excluding carboxylic acids is 2. The predicted molar refractivity (Wildman–Crippen MR) is 99.3 cm³/mol. The summed E-state index contributed by atoms with van der Waals surface area (Å²) in [5, 5.41) is 0. The van der Waals surface area contributed by atoms with Crippen LogP contribution >= 0.6 is 31.9 Å². The van der Waals surface area contributed by atoms with Gasteiger partial charge in [0.05, 0.1) is 46.0 Å². The van der Waals surface area contributed by atoms with Gasteiger partial charge in [0, 0.05) is 0 Å². The summed E-state index contributed by atoms with van der Waals surface area (Å²) in [6.45, 7) is 2.78. The van der Waals surface area contributed by atoms with Crippen LogP contribution in [0.4, 0.5) is 5.69 Å². The molecule has 0 N–H and O–H groups in total. The smallest absolute Gasteiger partial charge is 0.240 e. The molecule has 5 rings (SSSR count). The van der Waals surface area contributed by atoms with Crippen molar-refractivity contribution in [2.45, 2.75) is 34.1 Å². The average molecular weight is 487 g/mol. The van der Waals surface area contributed by atoms with Gasteiger partial charge in [0.1, 0.15) is 5.60 Å². The molecule has 4 heterocycles. The van der Waals surface area contributed by atoms with Crippen LogP contribution in [0.1, 0.15) is 6.92 Å². The molecule has 26 heavy (non-hydrogen) atoms. The number of hydrogen-bond donors (Lipinski definition) is 0. The van der Waals surface area contributed by atoms with Crippen molar-refractivity contribution in [2.24, 2.45) is 11.8 Å². The molecular weight excluding hydrogens is 470 g/mol. The number of rotatable bonds is 2. The van der Waals surface area contributed by atoms with Crippen molar-refractivity contribution in [3.05, 3.63) is 30.3 Å². The molecule has 6 atom stereocenters. The summed E-state index contributed by atoms with van der Waals surface area (Å²) in [6.07, 6.45) is -0.684. The molecule has 0 spiro atoms. The molecule has 8 heteroatoms. The van der Waals surface area contributed by atoms with Gasteiger partial charge in [0.2, 0.25) is 11.8 Å².